The van der Waals surface area contributed by atoms with E-state index < -0.39 is 23.3 Å². The molecular weight excluding hydrogens is 354 g/mol. The average Bonchev–Trinajstić information content (AvgIpc) is 2.67. The highest BCUT2D eigenvalue weighted by Gasteiger charge is 2.16. The zero-order chi connectivity index (χ0) is 19.8. The van der Waals surface area contributed by atoms with Crippen LogP contribution in [-0.4, -0.2) is 36.5 Å². The number of benzene rings is 2. The molecule has 0 saturated carbocycles. The standard InChI is InChI=1S/C19H19NO7/c1-3-25-17-10-7-14(11-18(17)26-4-2)19(22)27-12-16(21)13-5-8-15(9-6-13)20(23)24/h5-11H,3-4,12H2,1-2H3. The van der Waals surface area contributed by atoms with E-state index in [0.29, 0.717) is 24.7 Å². The van der Waals surface area contributed by atoms with Crippen molar-refractivity contribution in [1.82, 2.24) is 0 Å². The maximum atomic E-state index is 12.2. The number of non-ortho nitro benzene ring substituents is 1. The smallest absolute Gasteiger partial charge is 0.338 e. The lowest BCUT2D eigenvalue weighted by atomic mass is 10.1. The Hall–Kier alpha value is -3.42. The number of ketones is 1. The summed E-state index contributed by atoms with van der Waals surface area (Å²) in [5, 5.41) is 10.6. The lowest BCUT2D eigenvalue weighted by Crippen LogP contribution is -2.14. The maximum absolute atomic E-state index is 12.2. The predicted octanol–water partition coefficient (Wildman–Crippen LogP) is 3.43. The summed E-state index contributed by atoms with van der Waals surface area (Å²) < 4.78 is 15.9. The molecule has 0 unspecified atom stereocenters. The first-order valence-corrected chi connectivity index (χ1v) is 8.30. The molecule has 8 heteroatoms. The molecule has 2 aromatic carbocycles. The topological polar surface area (TPSA) is 105 Å². The van der Waals surface area contributed by atoms with Crippen LogP contribution in [0.4, 0.5) is 5.69 Å². The van der Waals surface area contributed by atoms with Gasteiger partial charge in [0.2, 0.25) is 0 Å². The number of carbonyl (C=O) groups excluding carboxylic acids is 2. The Kier molecular flexibility index (Phi) is 6.87. The molecule has 0 amide bonds. The molecule has 0 spiro atoms. The highest BCUT2D eigenvalue weighted by atomic mass is 16.6. The van der Waals surface area contributed by atoms with Crippen LogP contribution in [0.15, 0.2) is 42.5 Å². The van der Waals surface area contributed by atoms with Crippen molar-refractivity contribution >= 4 is 17.4 Å². The van der Waals surface area contributed by atoms with Crippen LogP contribution in [0.1, 0.15) is 34.6 Å². The maximum Gasteiger partial charge on any atom is 0.338 e. The summed E-state index contributed by atoms with van der Waals surface area (Å²) in [6, 6.07) is 9.69. The molecule has 0 aliphatic rings. The van der Waals surface area contributed by atoms with Crippen molar-refractivity contribution in [2.45, 2.75) is 13.8 Å². The minimum Gasteiger partial charge on any atom is -0.490 e. The Labute approximate surface area is 155 Å². The Balaban J connectivity index is 2.03. The number of nitrogens with zero attached hydrogens (tertiary/aromatic N) is 1. The van der Waals surface area contributed by atoms with Crippen molar-refractivity contribution in [2.24, 2.45) is 0 Å². The molecule has 0 N–H and O–H groups in total. The zero-order valence-corrected chi connectivity index (χ0v) is 15.0. The number of hydrogen-bond acceptors (Lipinski definition) is 7. The van der Waals surface area contributed by atoms with E-state index in [9.17, 15) is 19.7 Å². The Morgan fingerprint density at radius 2 is 1.52 bits per heavy atom. The van der Waals surface area contributed by atoms with Crippen molar-refractivity contribution in [1.29, 1.82) is 0 Å². The second-order valence-corrected chi connectivity index (χ2v) is 5.33. The highest BCUT2D eigenvalue weighted by Crippen LogP contribution is 2.28. The molecule has 0 saturated heterocycles. The minimum absolute atomic E-state index is 0.124. The molecule has 0 heterocycles. The largest absolute Gasteiger partial charge is 0.490 e. The van der Waals surface area contributed by atoms with Crippen molar-refractivity contribution in [3.05, 3.63) is 63.7 Å². The first kappa shape index (κ1) is 19.9. The second kappa shape index (κ2) is 9.33. The van der Waals surface area contributed by atoms with Gasteiger partial charge in [-0.1, -0.05) is 0 Å². The summed E-state index contributed by atoms with van der Waals surface area (Å²) in [6.45, 7) is 4.02. The van der Waals surface area contributed by atoms with Crippen molar-refractivity contribution in [2.75, 3.05) is 19.8 Å². The number of Topliss-reactive ketones (excluding diaryl/α,β-unsaturated/α-hetero) is 1. The number of rotatable bonds is 9. The van der Waals surface area contributed by atoms with Crippen LogP contribution in [-0.2, 0) is 4.74 Å². The normalized spacial score (nSPS) is 10.1. The van der Waals surface area contributed by atoms with E-state index in [4.69, 9.17) is 14.2 Å². The highest BCUT2D eigenvalue weighted by molar-refractivity contribution is 5.99. The molecule has 0 bridgehead atoms. The fraction of sp³-hybridized carbons (Fsp3) is 0.263. The predicted molar refractivity (Wildman–Crippen MR) is 96.5 cm³/mol. The summed E-state index contributed by atoms with van der Waals surface area (Å²) >= 11 is 0. The van der Waals surface area contributed by atoms with Gasteiger partial charge in [-0.15, -0.1) is 0 Å². The molecule has 0 radical (unpaired) electrons. The molecular formula is C19H19NO7. The quantitative estimate of drug-likeness (QED) is 0.287. The van der Waals surface area contributed by atoms with E-state index in [2.05, 4.69) is 0 Å². The number of esters is 1. The minimum atomic E-state index is -0.686. The van der Waals surface area contributed by atoms with Crippen LogP contribution in [0, 0.1) is 10.1 Å². The van der Waals surface area contributed by atoms with E-state index in [1.165, 1.54) is 36.4 Å². The van der Waals surface area contributed by atoms with Gasteiger partial charge in [-0.05, 0) is 44.2 Å². The molecule has 0 aromatic heterocycles. The number of nitro benzene ring substituents is 1. The van der Waals surface area contributed by atoms with Crippen LogP contribution in [0.5, 0.6) is 11.5 Å². The second-order valence-electron chi connectivity index (χ2n) is 5.33. The lowest BCUT2D eigenvalue weighted by molar-refractivity contribution is -0.384. The number of ether oxygens (including phenoxy) is 3. The Morgan fingerprint density at radius 1 is 0.926 bits per heavy atom. The molecule has 2 aromatic rings. The first-order valence-electron chi connectivity index (χ1n) is 8.30. The summed E-state index contributed by atoms with van der Waals surface area (Å²) in [4.78, 5) is 34.3. The average molecular weight is 373 g/mol. The summed E-state index contributed by atoms with van der Waals surface area (Å²) in [5.74, 6) is -0.225. The van der Waals surface area contributed by atoms with Gasteiger partial charge >= 0.3 is 5.97 Å². The van der Waals surface area contributed by atoms with E-state index in [-0.39, 0.29) is 16.8 Å². The molecule has 142 valence electrons. The van der Waals surface area contributed by atoms with Gasteiger partial charge in [0.25, 0.3) is 5.69 Å². The third-order valence-corrected chi connectivity index (χ3v) is 3.51. The Morgan fingerprint density at radius 3 is 2.11 bits per heavy atom. The van der Waals surface area contributed by atoms with Gasteiger partial charge in [-0.25, -0.2) is 4.79 Å². The molecule has 27 heavy (non-hydrogen) atoms. The monoisotopic (exact) mass is 373 g/mol. The zero-order valence-electron chi connectivity index (χ0n) is 15.0. The van der Waals surface area contributed by atoms with Gasteiger partial charge in [0.05, 0.1) is 23.7 Å². The van der Waals surface area contributed by atoms with E-state index in [0.717, 1.165) is 0 Å². The number of nitro groups is 1. The van der Waals surface area contributed by atoms with Gasteiger partial charge in [-0.3, -0.25) is 14.9 Å². The van der Waals surface area contributed by atoms with Gasteiger partial charge < -0.3 is 14.2 Å². The van der Waals surface area contributed by atoms with E-state index >= 15 is 0 Å². The van der Waals surface area contributed by atoms with Crippen LogP contribution >= 0.6 is 0 Å². The van der Waals surface area contributed by atoms with Gasteiger partial charge in [-0.2, -0.15) is 0 Å². The van der Waals surface area contributed by atoms with Crippen molar-refractivity contribution < 1.29 is 28.7 Å². The van der Waals surface area contributed by atoms with Gasteiger partial charge in [0.15, 0.2) is 23.9 Å². The summed E-state index contributed by atoms with van der Waals surface area (Å²) in [5.41, 5.74) is 0.315. The van der Waals surface area contributed by atoms with E-state index in [1.807, 2.05) is 13.8 Å². The number of carbonyl (C=O) groups is 2. The molecule has 0 aliphatic carbocycles. The van der Waals surface area contributed by atoms with Crippen LogP contribution in [0.3, 0.4) is 0 Å². The fourth-order valence-electron chi connectivity index (χ4n) is 2.24. The van der Waals surface area contributed by atoms with Crippen LogP contribution in [0.2, 0.25) is 0 Å². The van der Waals surface area contributed by atoms with Crippen LogP contribution in [0.25, 0.3) is 0 Å². The Bertz CT molecular complexity index is 830. The SMILES string of the molecule is CCOc1ccc(C(=O)OCC(=O)c2ccc([N+](=O)[O-])cc2)cc1OCC. The molecule has 0 atom stereocenters. The molecule has 8 nitrogen and oxygen atoms in total. The third kappa shape index (κ3) is 5.27. The fourth-order valence-corrected chi connectivity index (χ4v) is 2.24. The lowest BCUT2D eigenvalue weighted by Gasteiger charge is -2.12. The summed E-state index contributed by atoms with van der Waals surface area (Å²) in [7, 11) is 0. The van der Waals surface area contributed by atoms with Gasteiger partial charge in [0.1, 0.15) is 0 Å². The van der Waals surface area contributed by atoms with Crippen molar-refractivity contribution in [3.63, 3.8) is 0 Å². The molecule has 0 fully saturated rings. The molecule has 2 rings (SSSR count). The third-order valence-electron chi connectivity index (χ3n) is 3.51. The summed E-state index contributed by atoms with van der Waals surface area (Å²) in [6.07, 6.45) is 0. The first-order chi connectivity index (χ1) is 13.0. The van der Waals surface area contributed by atoms with Crippen LogP contribution < -0.4 is 9.47 Å². The molecule has 0 aliphatic heterocycles. The van der Waals surface area contributed by atoms with E-state index in [1.54, 1.807) is 6.07 Å². The number of hydrogen-bond donors (Lipinski definition) is 0. The van der Waals surface area contributed by atoms with Gasteiger partial charge in [0, 0.05) is 17.7 Å². The van der Waals surface area contributed by atoms with Crippen molar-refractivity contribution in [3.8, 4) is 11.5 Å².